The van der Waals surface area contributed by atoms with Crippen molar-refractivity contribution in [2.75, 3.05) is 0 Å². The Morgan fingerprint density at radius 3 is 2.48 bits per heavy atom. The van der Waals surface area contributed by atoms with Crippen molar-refractivity contribution < 1.29 is 23.4 Å². The summed E-state index contributed by atoms with van der Waals surface area (Å²) in [7, 11) is 0. The number of hydrogen-bond donors (Lipinski definition) is 1. The predicted molar refractivity (Wildman–Crippen MR) is 167 cm³/mol. The summed E-state index contributed by atoms with van der Waals surface area (Å²) in [4.78, 5) is 25.1. The summed E-state index contributed by atoms with van der Waals surface area (Å²) in [6.07, 6.45) is 0.187. The smallest absolute Gasteiger partial charge is 0.335 e. The number of imidazole rings is 1. The van der Waals surface area contributed by atoms with E-state index in [4.69, 9.17) is 9.72 Å². The number of thiazole rings is 1. The molecule has 3 aromatic heterocycles. The van der Waals surface area contributed by atoms with E-state index in [1.807, 2.05) is 36.8 Å². The summed E-state index contributed by atoms with van der Waals surface area (Å²) < 4.78 is 37.3. The first-order valence-corrected chi connectivity index (χ1v) is 15.0. The van der Waals surface area contributed by atoms with Crippen molar-refractivity contribution in [1.82, 2.24) is 19.5 Å². The van der Waals surface area contributed by atoms with Gasteiger partial charge in [0.25, 0.3) is 0 Å². The first-order valence-electron chi connectivity index (χ1n) is 14.1. The molecule has 0 spiro atoms. The van der Waals surface area contributed by atoms with Crippen LogP contribution in [-0.2, 0) is 19.6 Å². The first kappa shape index (κ1) is 30.5. The van der Waals surface area contributed by atoms with Crippen molar-refractivity contribution in [1.29, 1.82) is 0 Å². The quantitative estimate of drug-likeness (QED) is 0.178. The van der Waals surface area contributed by atoms with Crippen molar-refractivity contribution in [2.45, 2.75) is 40.3 Å². The number of benzene rings is 3. The van der Waals surface area contributed by atoms with Crippen LogP contribution >= 0.6 is 11.3 Å². The zero-order valence-electron chi connectivity index (χ0n) is 24.4. The average molecular weight is 613 g/mol. The van der Waals surface area contributed by atoms with E-state index in [0.29, 0.717) is 51.7 Å². The molecule has 0 bridgehead atoms. The second-order valence-corrected chi connectivity index (χ2v) is 10.5. The standard InChI is InChI=1S/C32H24F2N4O3S.C2H6/c1-19-5-6-23(25(33)11-19)16-41-31-4-2-3-27(37-31)21-8-7-20(26(34)12-21)14-30-36-28-10-9-22(32(39)40)13-29(28)38(30)15-24-17-42-18-35-24;1-2/h2-13,17-18H,14-16H2,1H3,(H,39,40);1-2H3. The van der Waals surface area contributed by atoms with Crippen LogP contribution in [0.15, 0.2) is 83.7 Å². The molecule has 0 atom stereocenters. The average Bonchev–Trinajstić information content (AvgIpc) is 3.66. The number of carbonyl (C=O) groups is 1. The van der Waals surface area contributed by atoms with Crippen LogP contribution in [0.25, 0.3) is 22.3 Å². The van der Waals surface area contributed by atoms with E-state index in [1.165, 1.54) is 29.5 Å². The number of fused-ring (bicyclic) bond motifs is 1. The third kappa shape index (κ3) is 6.81. The fourth-order valence-electron chi connectivity index (χ4n) is 4.69. The van der Waals surface area contributed by atoms with Crippen LogP contribution < -0.4 is 4.74 Å². The highest BCUT2D eigenvalue weighted by molar-refractivity contribution is 7.07. The molecule has 3 heterocycles. The van der Waals surface area contributed by atoms with Gasteiger partial charge >= 0.3 is 5.97 Å². The lowest BCUT2D eigenvalue weighted by Crippen LogP contribution is -2.07. The number of aromatic carboxylic acids is 1. The Bertz CT molecular complexity index is 1920. The number of aryl methyl sites for hydroxylation is 1. The Hall–Kier alpha value is -4.96. The maximum atomic E-state index is 15.5. The highest BCUT2D eigenvalue weighted by atomic mass is 32.1. The van der Waals surface area contributed by atoms with Gasteiger partial charge in [-0.25, -0.2) is 28.5 Å². The van der Waals surface area contributed by atoms with Crippen molar-refractivity contribution in [3.63, 3.8) is 0 Å². The molecule has 0 saturated carbocycles. The molecule has 7 nitrogen and oxygen atoms in total. The molecular formula is C34H30F2N4O3S. The summed E-state index contributed by atoms with van der Waals surface area (Å²) in [6.45, 7) is 6.21. The minimum absolute atomic E-state index is 0.0196. The molecule has 6 rings (SSSR count). The molecule has 10 heteroatoms. The molecule has 6 aromatic rings. The van der Waals surface area contributed by atoms with E-state index in [9.17, 15) is 14.3 Å². The second kappa shape index (κ2) is 13.6. The summed E-state index contributed by atoms with van der Waals surface area (Å²) in [5, 5.41) is 11.4. The lowest BCUT2D eigenvalue weighted by molar-refractivity contribution is 0.0697. The van der Waals surface area contributed by atoms with Gasteiger partial charge in [0.05, 0.1) is 40.0 Å². The maximum Gasteiger partial charge on any atom is 0.335 e. The van der Waals surface area contributed by atoms with Crippen LogP contribution in [0.2, 0.25) is 0 Å². The summed E-state index contributed by atoms with van der Waals surface area (Å²) in [6, 6.07) is 19.7. The number of ether oxygens (including phenoxy) is 1. The third-order valence-corrected chi connectivity index (χ3v) is 7.52. The van der Waals surface area contributed by atoms with Crippen molar-refractivity contribution in [3.05, 3.63) is 129 Å². The fraction of sp³-hybridized carbons (Fsp3) is 0.176. The van der Waals surface area contributed by atoms with Crippen LogP contribution in [0.3, 0.4) is 0 Å². The van der Waals surface area contributed by atoms with Crippen molar-refractivity contribution in [2.24, 2.45) is 0 Å². The van der Waals surface area contributed by atoms with Gasteiger partial charge < -0.3 is 14.4 Å². The molecule has 0 aliphatic carbocycles. The highest BCUT2D eigenvalue weighted by Gasteiger charge is 2.17. The SMILES string of the molecule is CC.Cc1ccc(COc2cccc(-c3ccc(Cc4nc5ccc(C(=O)O)cc5n4Cc4cscn4)c(F)c3)n2)c(F)c1. The Balaban J connectivity index is 0.00000188. The molecule has 0 aliphatic rings. The van der Waals surface area contributed by atoms with E-state index in [-0.39, 0.29) is 24.4 Å². The number of carboxylic acid groups (broad SMARTS) is 1. The molecule has 0 amide bonds. The van der Waals surface area contributed by atoms with E-state index in [2.05, 4.69) is 9.97 Å². The molecule has 0 unspecified atom stereocenters. The van der Waals surface area contributed by atoms with Crippen LogP contribution in [0.4, 0.5) is 8.78 Å². The van der Waals surface area contributed by atoms with Crippen LogP contribution in [-0.4, -0.2) is 30.6 Å². The first-order chi connectivity index (χ1) is 21.3. The normalized spacial score (nSPS) is 10.8. The number of aromatic nitrogens is 4. The highest BCUT2D eigenvalue weighted by Crippen LogP contribution is 2.26. The van der Waals surface area contributed by atoms with Gasteiger partial charge in [0.2, 0.25) is 5.88 Å². The number of nitrogens with zero attached hydrogens (tertiary/aromatic N) is 4. The molecular weight excluding hydrogens is 582 g/mol. The van der Waals surface area contributed by atoms with Gasteiger partial charge in [0, 0.05) is 29.0 Å². The van der Waals surface area contributed by atoms with Gasteiger partial charge in [-0.15, -0.1) is 11.3 Å². The minimum Gasteiger partial charge on any atom is -0.478 e. The van der Waals surface area contributed by atoms with Gasteiger partial charge in [0.15, 0.2) is 0 Å². The second-order valence-electron chi connectivity index (χ2n) is 9.83. The van der Waals surface area contributed by atoms with Gasteiger partial charge in [-0.3, -0.25) is 0 Å². The summed E-state index contributed by atoms with van der Waals surface area (Å²) in [5.41, 5.74) is 6.68. The zero-order chi connectivity index (χ0) is 31.2. The lowest BCUT2D eigenvalue weighted by atomic mass is 10.1. The van der Waals surface area contributed by atoms with Crippen LogP contribution in [0.1, 0.15) is 52.4 Å². The van der Waals surface area contributed by atoms with Crippen molar-refractivity contribution >= 4 is 28.3 Å². The Labute approximate surface area is 257 Å². The van der Waals surface area contributed by atoms with E-state index in [1.54, 1.807) is 54.0 Å². The molecule has 0 radical (unpaired) electrons. The predicted octanol–water partition coefficient (Wildman–Crippen LogP) is 8.08. The zero-order valence-corrected chi connectivity index (χ0v) is 25.2. The molecule has 0 aliphatic heterocycles. The van der Waals surface area contributed by atoms with E-state index >= 15 is 4.39 Å². The molecule has 224 valence electrons. The Morgan fingerprint density at radius 1 is 0.955 bits per heavy atom. The third-order valence-electron chi connectivity index (χ3n) is 6.88. The monoisotopic (exact) mass is 612 g/mol. The van der Waals surface area contributed by atoms with Crippen LogP contribution in [0, 0.1) is 18.6 Å². The molecule has 44 heavy (non-hydrogen) atoms. The molecule has 0 fully saturated rings. The number of halogens is 2. The van der Waals surface area contributed by atoms with E-state index < -0.39 is 11.8 Å². The van der Waals surface area contributed by atoms with E-state index in [0.717, 1.165) is 11.3 Å². The van der Waals surface area contributed by atoms with Gasteiger partial charge in [-0.05, 0) is 54.4 Å². The number of carboxylic acids is 1. The number of rotatable bonds is 9. The van der Waals surface area contributed by atoms with Crippen molar-refractivity contribution in [3.8, 4) is 17.1 Å². The van der Waals surface area contributed by atoms with Gasteiger partial charge in [-0.1, -0.05) is 44.2 Å². The molecule has 0 saturated heterocycles. The topological polar surface area (TPSA) is 90.1 Å². The lowest BCUT2D eigenvalue weighted by Gasteiger charge is -2.11. The number of hydrogen-bond acceptors (Lipinski definition) is 6. The largest absolute Gasteiger partial charge is 0.478 e. The maximum absolute atomic E-state index is 15.5. The molecule has 1 N–H and O–H groups in total. The van der Waals surface area contributed by atoms with Gasteiger partial charge in [-0.2, -0.15) is 0 Å². The van der Waals surface area contributed by atoms with Gasteiger partial charge in [0.1, 0.15) is 24.1 Å². The Morgan fingerprint density at radius 2 is 1.75 bits per heavy atom. The molecule has 3 aromatic carbocycles. The van der Waals surface area contributed by atoms with Crippen LogP contribution in [0.5, 0.6) is 5.88 Å². The number of pyridine rings is 1. The Kier molecular flexibility index (Phi) is 9.40. The summed E-state index contributed by atoms with van der Waals surface area (Å²) >= 11 is 1.46. The fourth-order valence-corrected chi connectivity index (χ4v) is 5.24. The summed E-state index contributed by atoms with van der Waals surface area (Å²) in [5.74, 6) is -0.920. The minimum atomic E-state index is -1.04.